The first-order chi connectivity index (χ1) is 10.1. The molecule has 0 heterocycles. The van der Waals surface area contributed by atoms with Crippen molar-refractivity contribution in [2.24, 2.45) is 5.92 Å². The second-order valence-corrected chi connectivity index (χ2v) is 5.44. The van der Waals surface area contributed by atoms with Gasteiger partial charge in [0.25, 0.3) is 0 Å². The standard InChI is InChI=1S/C15H23N3O3/c1-11(12-7-8-12)17(9-10-21-3)14-6-4-5-13(16-2)15(14)18(19)20/h4-6,11-12,16H,7-10H2,1-3H3. The lowest BCUT2D eigenvalue weighted by Crippen LogP contribution is -2.37. The number of nitro benzene ring substituents is 1. The highest BCUT2D eigenvalue weighted by molar-refractivity contribution is 5.77. The van der Waals surface area contributed by atoms with Crippen LogP contribution in [0.2, 0.25) is 0 Å². The number of nitrogens with one attached hydrogen (secondary N) is 1. The molecule has 0 bridgehead atoms. The molecule has 1 unspecified atom stereocenters. The number of anilines is 2. The van der Waals surface area contributed by atoms with Gasteiger partial charge in [0.05, 0.1) is 11.5 Å². The minimum Gasteiger partial charge on any atom is -0.383 e. The van der Waals surface area contributed by atoms with Gasteiger partial charge in [0.2, 0.25) is 0 Å². The smallest absolute Gasteiger partial charge is 0.315 e. The zero-order valence-electron chi connectivity index (χ0n) is 12.8. The first kappa shape index (κ1) is 15.6. The molecule has 0 aliphatic heterocycles. The summed E-state index contributed by atoms with van der Waals surface area (Å²) in [6.07, 6.45) is 2.40. The fourth-order valence-electron chi connectivity index (χ4n) is 2.72. The van der Waals surface area contributed by atoms with Crippen molar-refractivity contribution in [3.63, 3.8) is 0 Å². The van der Waals surface area contributed by atoms with Crippen LogP contribution in [0.25, 0.3) is 0 Å². The second-order valence-electron chi connectivity index (χ2n) is 5.44. The van der Waals surface area contributed by atoms with Gasteiger partial charge in [-0.15, -0.1) is 0 Å². The molecule has 1 N–H and O–H groups in total. The van der Waals surface area contributed by atoms with Crippen molar-refractivity contribution in [2.75, 3.05) is 37.5 Å². The molecule has 2 rings (SSSR count). The van der Waals surface area contributed by atoms with E-state index in [0.29, 0.717) is 30.4 Å². The minimum atomic E-state index is -0.305. The zero-order valence-corrected chi connectivity index (χ0v) is 12.8. The Morgan fingerprint density at radius 1 is 1.52 bits per heavy atom. The Labute approximate surface area is 125 Å². The van der Waals surface area contributed by atoms with Gasteiger partial charge in [0.15, 0.2) is 0 Å². The molecule has 6 nitrogen and oxygen atoms in total. The molecular formula is C15H23N3O3. The maximum absolute atomic E-state index is 11.5. The van der Waals surface area contributed by atoms with Gasteiger partial charge in [-0.3, -0.25) is 10.1 Å². The summed E-state index contributed by atoms with van der Waals surface area (Å²) in [4.78, 5) is 13.3. The van der Waals surface area contributed by atoms with Gasteiger partial charge in [-0.1, -0.05) is 6.07 Å². The predicted octanol–water partition coefficient (Wildman–Crippen LogP) is 2.89. The van der Waals surface area contributed by atoms with Crippen LogP contribution in [0.3, 0.4) is 0 Å². The Morgan fingerprint density at radius 2 is 2.24 bits per heavy atom. The fraction of sp³-hybridized carbons (Fsp3) is 0.600. The highest BCUT2D eigenvalue weighted by Crippen LogP contribution is 2.41. The average molecular weight is 293 g/mol. The molecule has 0 amide bonds. The number of methoxy groups -OCH3 is 1. The Bertz CT molecular complexity index is 503. The van der Waals surface area contributed by atoms with Crippen LogP contribution in [0.4, 0.5) is 17.1 Å². The Kier molecular flexibility index (Phi) is 5.01. The summed E-state index contributed by atoms with van der Waals surface area (Å²) < 4.78 is 5.17. The van der Waals surface area contributed by atoms with Gasteiger partial charge < -0.3 is 15.0 Å². The third-order valence-corrected chi connectivity index (χ3v) is 4.11. The van der Waals surface area contributed by atoms with Crippen LogP contribution in [0.5, 0.6) is 0 Å². The van der Waals surface area contributed by atoms with Crippen LogP contribution < -0.4 is 10.2 Å². The van der Waals surface area contributed by atoms with Gasteiger partial charge in [0.1, 0.15) is 11.4 Å². The SMILES string of the molecule is CNc1cccc(N(CCOC)C(C)C2CC2)c1[N+](=O)[O-]. The van der Waals surface area contributed by atoms with E-state index in [2.05, 4.69) is 17.1 Å². The lowest BCUT2D eigenvalue weighted by atomic mass is 10.1. The summed E-state index contributed by atoms with van der Waals surface area (Å²) in [5.41, 5.74) is 1.36. The summed E-state index contributed by atoms with van der Waals surface area (Å²) in [5, 5.41) is 14.4. The summed E-state index contributed by atoms with van der Waals surface area (Å²) in [5.74, 6) is 0.625. The lowest BCUT2D eigenvalue weighted by Gasteiger charge is -2.31. The van der Waals surface area contributed by atoms with E-state index in [9.17, 15) is 10.1 Å². The highest BCUT2D eigenvalue weighted by Gasteiger charge is 2.35. The third-order valence-electron chi connectivity index (χ3n) is 4.11. The first-order valence-electron chi connectivity index (χ1n) is 7.30. The normalized spacial score (nSPS) is 15.6. The van der Waals surface area contributed by atoms with Gasteiger partial charge in [-0.2, -0.15) is 0 Å². The zero-order chi connectivity index (χ0) is 15.4. The maximum atomic E-state index is 11.5. The van der Waals surface area contributed by atoms with Gasteiger partial charge in [-0.25, -0.2) is 0 Å². The number of nitrogens with zero attached hydrogens (tertiary/aromatic N) is 2. The van der Waals surface area contributed by atoms with E-state index in [0.717, 1.165) is 0 Å². The molecule has 1 aromatic rings. The summed E-state index contributed by atoms with van der Waals surface area (Å²) in [7, 11) is 3.36. The molecule has 0 radical (unpaired) electrons. The van der Waals surface area contributed by atoms with E-state index in [-0.39, 0.29) is 16.7 Å². The van der Waals surface area contributed by atoms with Crippen molar-refractivity contribution >= 4 is 17.1 Å². The average Bonchev–Trinajstić information content (AvgIpc) is 3.31. The Hall–Kier alpha value is -1.82. The van der Waals surface area contributed by atoms with Crippen LogP contribution in [-0.4, -0.2) is 38.3 Å². The van der Waals surface area contributed by atoms with E-state index < -0.39 is 0 Å². The van der Waals surface area contributed by atoms with Crippen molar-refractivity contribution < 1.29 is 9.66 Å². The van der Waals surface area contributed by atoms with E-state index >= 15 is 0 Å². The molecule has 1 aliphatic rings. The molecule has 1 aromatic carbocycles. The number of ether oxygens (including phenoxy) is 1. The molecule has 0 spiro atoms. The highest BCUT2D eigenvalue weighted by atomic mass is 16.6. The van der Waals surface area contributed by atoms with Crippen molar-refractivity contribution in [2.45, 2.75) is 25.8 Å². The molecule has 1 fully saturated rings. The summed E-state index contributed by atoms with van der Waals surface area (Å²) in [6.45, 7) is 3.35. The topological polar surface area (TPSA) is 67.6 Å². The van der Waals surface area contributed by atoms with Crippen LogP contribution >= 0.6 is 0 Å². The van der Waals surface area contributed by atoms with Gasteiger partial charge in [0, 0.05) is 26.7 Å². The molecule has 116 valence electrons. The van der Waals surface area contributed by atoms with Crippen molar-refractivity contribution in [1.29, 1.82) is 0 Å². The number of nitro groups is 1. The van der Waals surface area contributed by atoms with Gasteiger partial charge in [-0.05, 0) is 37.8 Å². The monoisotopic (exact) mass is 293 g/mol. The largest absolute Gasteiger partial charge is 0.383 e. The lowest BCUT2D eigenvalue weighted by molar-refractivity contribution is -0.383. The molecule has 6 heteroatoms. The third kappa shape index (κ3) is 3.44. The Balaban J connectivity index is 2.40. The maximum Gasteiger partial charge on any atom is 0.315 e. The number of rotatable bonds is 8. The first-order valence-corrected chi connectivity index (χ1v) is 7.30. The minimum absolute atomic E-state index is 0.142. The van der Waals surface area contributed by atoms with Crippen molar-refractivity contribution in [3.8, 4) is 0 Å². The number of hydrogen-bond acceptors (Lipinski definition) is 5. The molecule has 1 aliphatic carbocycles. The molecular weight excluding hydrogens is 270 g/mol. The molecule has 1 saturated carbocycles. The van der Waals surface area contributed by atoms with Crippen molar-refractivity contribution in [1.82, 2.24) is 0 Å². The van der Waals surface area contributed by atoms with E-state index in [1.807, 2.05) is 12.1 Å². The van der Waals surface area contributed by atoms with Gasteiger partial charge >= 0.3 is 5.69 Å². The second kappa shape index (κ2) is 6.76. The number of benzene rings is 1. The number of hydrogen-bond donors (Lipinski definition) is 1. The van der Waals surface area contributed by atoms with Crippen LogP contribution in [0.1, 0.15) is 19.8 Å². The molecule has 1 atom stereocenters. The van der Waals surface area contributed by atoms with E-state index in [4.69, 9.17) is 4.74 Å². The molecule has 0 saturated heterocycles. The van der Waals surface area contributed by atoms with E-state index in [1.165, 1.54) is 12.8 Å². The predicted molar refractivity (Wildman–Crippen MR) is 84.1 cm³/mol. The van der Waals surface area contributed by atoms with E-state index in [1.54, 1.807) is 20.2 Å². The Morgan fingerprint density at radius 3 is 2.76 bits per heavy atom. The van der Waals surface area contributed by atoms with Crippen LogP contribution in [0.15, 0.2) is 18.2 Å². The molecule has 21 heavy (non-hydrogen) atoms. The number of para-hydroxylation sites is 1. The quantitative estimate of drug-likeness (QED) is 0.589. The fourth-order valence-corrected chi connectivity index (χ4v) is 2.72. The van der Waals surface area contributed by atoms with Crippen LogP contribution in [0, 0.1) is 16.0 Å². The van der Waals surface area contributed by atoms with Crippen molar-refractivity contribution in [3.05, 3.63) is 28.3 Å². The molecule has 0 aromatic heterocycles. The summed E-state index contributed by atoms with van der Waals surface area (Å²) >= 11 is 0. The summed E-state index contributed by atoms with van der Waals surface area (Å²) in [6, 6.07) is 5.70. The van der Waals surface area contributed by atoms with Crippen LogP contribution in [-0.2, 0) is 4.74 Å².